The zero-order chi connectivity index (χ0) is 30.6. The van der Waals surface area contributed by atoms with Gasteiger partial charge in [0.05, 0.1) is 25.3 Å². The number of hydrogen-bond acceptors (Lipinski definition) is 7. The molecule has 2 N–H and O–H groups in total. The molecule has 0 atom stereocenters. The van der Waals surface area contributed by atoms with Crippen LogP contribution in [0.4, 0.5) is 23.2 Å². The summed E-state index contributed by atoms with van der Waals surface area (Å²) in [6.07, 6.45) is -3.52. The van der Waals surface area contributed by atoms with Gasteiger partial charge in [-0.05, 0) is 30.3 Å². The molecular formula is C28H22F4N4O6. The second-order valence-electron chi connectivity index (χ2n) is 8.53. The highest BCUT2D eigenvalue weighted by molar-refractivity contribution is 6.11. The number of aliphatic carboxylic acids is 1. The summed E-state index contributed by atoms with van der Waals surface area (Å²) in [4.78, 5) is 26.0. The number of nitrogens with zero attached hydrogens (tertiary/aromatic N) is 3. The first-order valence-corrected chi connectivity index (χ1v) is 11.9. The van der Waals surface area contributed by atoms with Gasteiger partial charge in [-0.15, -0.1) is 0 Å². The fraction of sp³-hybridized carbons (Fsp3) is 0.143. The molecule has 5 rings (SSSR count). The maximum Gasteiger partial charge on any atom is 0.490 e. The Morgan fingerprint density at radius 3 is 2.21 bits per heavy atom. The number of benzene rings is 3. The molecule has 1 amide bonds. The topological polar surface area (TPSA) is 125 Å². The van der Waals surface area contributed by atoms with Gasteiger partial charge in [0.25, 0.3) is 5.91 Å². The van der Waals surface area contributed by atoms with Crippen LogP contribution in [0.2, 0.25) is 0 Å². The molecule has 0 bridgehead atoms. The molecule has 0 aliphatic heterocycles. The molecule has 14 heteroatoms. The first-order chi connectivity index (χ1) is 19.9. The SMILES string of the molecule is COc1cc2nccc(Oc3ccc(NC(=O)c4nn(C)c5ccccc45)cc3F)c2cc1OC.O=C(O)C(F)(F)F. The van der Waals surface area contributed by atoms with Crippen molar-refractivity contribution < 1.29 is 46.5 Å². The highest BCUT2D eigenvalue weighted by Crippen LogP contribution is 2.37. The zero-order valence-electron chi connectivity index (χ0n) is 22.2. The number of rotatable bonds is 6. The third-order valence-electron chi connectivity index (χ3n) is 5.83. The molecular weight excluding hydrogens is 564 g/mol. The van der Waals surface area contributed by atoms with Gasteiger partial charge in [-0.1, -0.05) is 18.2 Å². The van der Waals surface area contributed by atoms with Crippen molar-refractivity contribution in [3.05, 3.63) is 78.4 Å². The Morgan fingerprint density at radius 1 is 0.905 bits per heavy atom. The largest absolute Gasteiger partial charge is 0.493 e. The lowest BCUT2D eigenvalue weighted by Crippen LogP contribution is -2.21. The third kappa shape index (κ3) is 6.32. The van der Waals surface area contributed by atoms with Crippen molar-refractivity contribution in [3.8, 4) is 23.0 Å². The van der Waals surface area contributed by atoms with Crippen molar-refractivity contribution in [1.82, 2.24) is 14.8 Å². The van der Waals surface area contributed by atoms with Crippen molar-refractivity contribution >= 4 is 39.4 Å². The maximum atomic E-state index is 15.0. The fourth-order valence-corrected chi connectivity index (χ4v) is 3.89. The van der Waals surface area contributed by atoms with Crippen LogP contribution in [0.15, 0.2) is 66.9 Å². The average molecular weight is 586 g/mol. The number of methoxy groups -OCH3 is 2. The molecule has 0 fully saturated rings. The Kier molecular flexibility index (Phi) is 8.45. The van der Waals surface area contributed by atoms with Crippen LogP contribution in [0.5, 0.6) is 23.0 Å². The van der Waals surface area contributed by atoms with Crippen molar-refractivity contribution in [2.24, 2.45) is 7.05 Å². The summed E-state index contributed by atoms with van der Waals surface area (Å²) in [7, 11) is 4.83. The van der Waals surface area contributed by atoms with E-state index in [1.165, 1.54) is 26.4 Å². The second-order valence-corrected chi connectivity index (χ2v) is 8.53. The summed E-state index contributed by atoms with van der Waals surface area (Å²) in [6.45, 7) is 0. The fourth-order valence-electron chi connectivity index (χ4n) is 3.89. The van der Waals surface area contributed by atoms with E-state index in [2.05, 4.69) is 15.4 Å². The monoisotopic (exact) mass is 586 g/mol. The molecule has 0 aliphatic carbocycles. The van der Waals surface area contributed by atoms with E-state index < -0.39 is 23.9 Å². The quantitative estimate of drug-likeness (QED) is 0.234. The van der Waals surface area contributed by atoms with E-state index in [-0.39, 0.29) is 17.1 Å². The summed E-state index contributed by atoms with van der Waals surface area (Å²) in [5.74, 6) is -2.42. The van der Waals surface area contributed by atoms with E-state index in [4.69, 9.17) is 24.1 Å². The lowest BCUT2D eigenvalue weighted by Gasteiger charge is -2.13. The molecule has 42 heavy (non-hydrogen) atoms. The van der Waals surface area contributed by atoms with Crippen LogP contribution in [0.25, 0.3) is 21.8 Å². The molecule has 0 saturated carbocycles. The number of ether oxygens (including phenoxy) is 3. The molecule has 3 aromatic carbocycles. The van der Waals surface area contributed by atoms with Crippen LogP contribution in [0.3, 0.4) is 0 Å². The van der Waals surface area contributed by atoms with E-state index in [9.17, 15) is 22.4 Å². The first-order valence-electron chi connectivity index (χ1n) is 11.9. The summed E-state index contributed by atoms with van der Waals surface area (Å²) in [5, 5.41) is 15.5. The van der Waals surface area contributed by atoms with E-state index in [1.54, 1.807) is 42.2 Å². The Bertz CT molecular complexity index is 1790. The van der Waals surface area contributed by atoms with E-state index in [0.29, 0.717) is 33.5 Å². The number of aryl methyl sites for hydroxylation is 1. The molecule has 10 nitrogen and oxygen atoms in total. The Labute approximate surface area is 235 Å². The number of anilines is 1. The van der Waals surface area contributed by atoms with Gasteiger partial charge in [-0.25, -0.2) is 9.18 Å². The van der Waals surface area contributed by atoms with Gasteiger partial charge >= 0.3 is 12.1 Å². The summed E-state index contributed by atoms with van der Waals surface area (Å²) >= 11 is 0. The lowest BCUT2D eigenvalue weighted by atomic mass is 10.1. The number of fused-ring (bicyclic) bond motifs is 2. The number of hydrogen-bond donors (Lipinski definition) is 2. The Hall–Kier alpha value is -5.40. The number of nitrogens with one attached hydrogen (secondary N) is 1. The van der Waals surface area contributed by atoms with Crippen molar-refractivity contribution in [2.75, 3.05) is 19.5 Å². The average Bonchev–Trinajstić information content (AvgIpc) is 3.30. The predicted octanol–water partition coefficient (Wildman–Crippen LogP) is 5.96. The maximum absolute atomic E-state index is 15.0. The minimum atomic E-state index is -5.08. The number of carboxylic acids is 1. The Balaban J connectivity index is 0.000000517. The van der Waals surface area contributed by atoms with Crippen molar-refractivity contribution in [1.29, 1.82) is 0 Å². The van der Waals surface area contributed by atoms with Crippen molar-refractivity contribution in [3.63, 3.8) is 0 Å². The number of pyridine rings is 1. The number of alkyl halides is 3. The minimum absolute atomic E-state index is 0.00595. The molecule has 5 aromatic rings. The van der Waals surface area contributed by atoms with Crippen LogP contribution in [0, 0.1) is 5.82 Å². The number of carbonyl (C=O) groups is 2. The van der Waals surface area contributed by atoms with Gasteiger partial charge < -0.3 is 24.6 Å². The number of amides is 1. The van der Waals surface area contributed by atoms with Gasteiger partial charge in [0.1, 0.15) is 5.75 Å². The van der Waals surface area contributed by atoms with Gasteiger partial charge in [0.15, 0.2) is 28.8 Å². The minimum Gasteiger partial charge on any atom is -0.493 e. The highest BCUT2D eigenvalue weighted by Gasteiger charge is 2.38. The summed E-state index contributed by atoms with van der Waals surface area (Å²) in [5.41, 5.74) is 1.97. The molecule has 0 unspecified atom stereocenters. The van der Waals surface area contributed by atoms with Gasteiger partial charge in [0.2, 0.25) is 0 Å². The predicted molar refractivity (Wildman–Crippen MR) is 144 cm³/mol. The molecule has 2 aromatic heterocycles. The lowest BCUT2D eigenvalue weighted by molar-refractivity contribution is -0.192. The normalized spacial score (nSPS) is 11.0. The van der Waals surface area contributed by atoms with Crippen LogP contribution < -0.4 is 19.5 Å². The van der Waals surface area contributed by atoms with Crippen LogP contribution in [-0.4, -0.2) is 52.1 Å². The highest BCUT2D eigenvalue weighted by atomic mass is 19.4. The van der Waals surface area contributed by atoms with Crippen molar-refractivity contribution in [2.45, 2.75) is 6.18 Å². The summed E-state index contributed by atoms with van der Waals surface area (Å²) in [6, 6.07) is 16.7. The molecule has 0 spiro atoms. The van der Waals surface area contributed by atoms with Crippen LogP contribution in [0.1, 0.15) is 10.5 Å². The smallest absolute Gasteiger partial charge is 0.490 e. The van der Waals surface area contributed by atoms with Gasteiger partial charge in [-0.2, -0.15) is 18.3 Å². The summed E-state index contributed by atoms with van der Waals surface area (Å²) < 4.78 is 64.9. The second kappa shape index (κ2) is 12.0. The van der Waals surface area contributed by atoms with E-state index in [1.807, 2.05) is 24.3 Å². The molecule has 2 heterocycles. The van der Waals surface area contributed by atoms with Crippen LogP contribution >= 0.6 is 0 Å². The number of aromatic nitrogens is 3. The molecule has 0 radical (unpaired) electrons. The number of carboxylic acid groups (broad SMARTS) is 1. The number of halogens is 4. The number of para-hydroxylation sites is 1. The van der Waals surface area contributed by atoms with E-state index >= 15 is 0 Å². The molecule has 218 valence electrons. The van der Waals surface area contributed by atoms with Gasteiger partial charge in [-0.3, -0.25) is 14.5 Å². The number of carbonyl (C=O) groups excluding carboxylic acids is 1. The standard InChI is InChI=1S/C26H21FN4O4.C2HF3O2/c1-31-20-7-5-4-6-16(20)25(30-31)26(32)29-15-8-9-22(18(27)12-15)35-21-10-11-28-19-14-24(34-3)23(33-2)13-17(19)21;3-2(4,5)1(6)7/h4-14H,1-3H3,(H,29,32);(H,6,7). The Morgan fingerprint density at radius 2 is 1.57 bits per heavy atom. The third-order valence-corrected chi connectivity index (χ3v) is 5.83. The first kappa shape index (κ1) is 29.6. The zero-order valence-corrected chi connectivity index (χ0v) is 22.2. The van der Waals surface area contributed by atoms with Gasteiger partial charge in [0, 0.05) is 41.8 Å². The molecule has 0 aliphatic rings. The molecule has 0 saturated heterocycles. The van der Waals surface area contributed by atoms with Crippen LogP contribution in [-0.2, 0) is 11.8 Å². The van der Waals surface area contributed by atoms with E-state index in [0.717, 1.165) is 5.52 Å².